The Morgan fingerprint density at radius 2 is 2.70 bits per heavy atom. The Morgan fingerprint density at radius 3 is 3.30 bits per heavy atom. The molecule has 0 saturated carbocycles. The topological polar surface area (TPSA) is 50.4 Å². The summed E-state index contributed by atoms with van der Waals surface area (Å²) in [7, 11) is 0. The summed E-state index contributed by atoms with van der Waals surface area (Å²) in [5.41, 5.74) is 0. The van der Waals surface area contributed by atoms with Crippen LogP contribution in [0.4, 0.5) is 0 Å². The molecular weight excluding hydrogens is 132 g/mol. The van der Waals surface area contributed by atoms with Crippen molar-refractivity contribution in [1.29, 1.82) is 0 Å². The van der Waals surface area contributed by atoms with E-state index in [-0.39, 0.29) is 6.10 Å². The molecule has 10 heavy (non-hydrogen) atoms. The van der Waals surface area contributed by atoms with E-state index in [1.807, 2.05) is 0 Å². The van der Waals surface area contributed by atoms with Crippen LogP contribution in [-0.4, -0.2) is 38.8 Å². The third-order valence-corrected chi connectivity index (χ3v) is 1.41. The van der Waals surface area contributed by atoms with Gasteiger partial charge in [0.2, 0.25) is 0 Å². The molecule has 1 unspecified atom stereocenters. The lowest BCUT2D eigenvalue weighted by Crippen LogP contribution is -2.43. The molecule has 1 saturated heterocycles. The number of hydrogen-bond donors (Lipinski definition) is 2. The molecule has 0 aromatic heterocycles. The quantitative estimate of drug-likeness (QED) is 0.479. The lowest BCUT2D eigenvalue weighted by atomic mass is 10.3. The van der Waals surface area contributed by atoms with Crippen LogP contribution < -0.4 is 10.6 Å². The summed E-state index contributed by atoms with van der Waals surface area (Å²) in [6, 6.07) is 0. The number of ether oxygens (including phenoxy) is 1. The van der Waals surface area contributed by atoms with Crippen molar-refractivity contribution in [2.75, 3.05) is 26.2 Å². The van der Waals surface area contributed by atoms with Crippen LogP contribution in [0.15, 0.2) is 0 Å². The molecule has 1 amide bonds. The van der Waals surface area contributed by atoms with Crippen LogP contribution in [0, 0.1) is 0 Å². The van der Waals surface area contributed by atoms with Gasteiger partial charge in [-0.25, -0.2) is 0 Å². The molecule has 0 aromatic rings. The van der Waals surface area contributed by atoms with E-state index >= 15 is 0 Å². The first-order valence-corrected chi connectivity index (χ1v) is 3.36. The summed E-state index contributed by atoms with van der Waals surface area (Å²) >= 11 is 0. The van der Waals surface area contributed by atoms with Crippen LogP contribution >= 0.6 is 0 Å². The minimum Gasteiger partial charge on any atom is -0.374 e. The normalized spacial score (nSPS) is 25.8. The fraction of sp³-hybridized carbons (Fsp3) is 0.833. The van der Waals surface area contributed by atoms with Gasteiger partial charge in [0.05, 0.1) is 12.7 Å². The van der Waals surface area contributed by atoms with Crippen LogP contribution in [0.25, 0.3) is 0 Å². The van der Waals surface area contributed by atoms with Crippen molar-refractivity contribution in [3.8, 4) is 0 Å². The van der Waals surface area contributed by atoms with Crippen LogP contribution in [0.3, 0.4) is 0 Å². The fourth-order valence-electron chi connectivity index (χ4n) is 0.906. The maximum atomic E-state index is 9.74. The highest BCUT2D eigenvalue weighted by Crippen LogP contribution is 1.92. The average molecular weight is 143 g/mol. The second kappa shape index (κ2) is 4.24. The van der Waals surface area contributed by atoms with Crippen LogP contribution in [0.5, 0.6) is 0 Å². The van der Waals surface area contributed by atoms with Crippen molar-refractivity contribution in [3.63, 3.8) is 0 Å². The SMILES string of the molecule is O=[C]NCC1CNCCO1. The van der Waals surface area contributed by atoms with E-state index in [4.69, 9.17) is 4.74 Å². The van der Waals surface area contributed by atoms with Gasteiger partial charge < -0.3 is 15.4 Å². The zero-order valence-electron chi connectivity index (χ0n) is 5.72. The third-order valence-electron chi connectivity index (χ3n) is 1.41. The van der Waals surface area contributed by atoms with E-state index < -0.39 is 0 Å². The minimum absolute atomic E-state index is 0.121. The largest absolute Gasteiger partial charge is 0.374 e. The van der Waals surface area contributed by atoms with Crippen LogP contribution in [-0.2, 0) is 9.53 Å². The maximum Gasteiger partial charge on any atom is 0.309 e. The summed E-state index contributed by atoms with van der Waals surface area (Å²) in [6.45, 7) is 3.00. The van der Waals surface area contributed by atoms with Gasteiger partial charge in [-0.15, -0.1) is 0 Å². The lowest BCUT2D eigenvalue weighted by molar-refractivity contribution is 0.0318. The van der Waals surface area contributed by atoms with Crippen LogP contribution in [0.1, 0.15) is 0 Å². The molecule has 1 aliphatic heterocycles. The molecule has 1 fully saturated rings. The third kappa shape index (κ3) is 2.33. The fourth-order valence-corrected chi connectivity index (χ4v) is 0.906. The molecule has 1 radical (unpaired) electrons. The minimum atomic E-state index is 0.121. The van der Waals surface area contributed by atoms with Crippen molar-refractivity contribution in [1.82, 2.24) is 10.6 Å². The molecule has 57 valence electrons. The number of amides is 1. The second-order valence-corrected chi connectivity index (χ2v) is 2.18. The van der Waals surface area contributed by atoms with Gasteiger partial charge in [-0.2, -0.15) is 0 Å². The standard InChI is InChI=1S/C6H11N2O2/c9-5-8-4-6-3-7-1-2-10-6/h6-7H,1-4H2,(H,8,9). The zero-order chi connectivity index (χ0) is 7.23. The Kier molecular flexibility index (Phi) is 3.18. The van der Waals surface area contributed by atoms with E-state index in [0.29, 0.717) is 6.54 Å². The first-order chi connectivity index (χ1) is 4.93. The van der Waals surface area contributed by atoms with Crippen molar-refractivity contribution >= 4 is 6.41 Å². The molecule has 1 aliphatic rings. The number of carbonyl (C=O) groups excluding carboxylic acids is 1. The number of nitrogens with one attached hydrogen (secondary N) is 2. The Bertz CT molecular complexity index is 102. The maximum absolute atomic E-state index is 9.74. The van der Waals surface area contributed by atoms with Crippen molar-refractivity contribution in [3.05, 3.63) is 0 Å². The van der Waals surface area contributed by atoms with Gasteiger partial charge in [-0.3, -0.25) is 4.79 Å². The number of hydrogen-bond acceptors (Lipinski definition) is 3. The highest BCUT2D eigenvalue weighted by molar-refractivity contribution is 5.46. The first-order valence-electron chi connectivity index (χ1n) is 3.36. The molecule has 2 N–H and O–H groups in total. The van der Waals surface area contributed by atoms with Gasteiger partial charge in [0, 0.05) is 19.6 Å². The molecule has 4 nitrogen and oxygen atoms in total. The van der Waals surface area contributed by atoms with Gasteiger partial charge in [0.15, 0.2) is 0 Å². The van der Waals surface area contributed by atoms with Crippen molar-refractivity contribution in [2.45, 2.75) is 6.10 Å². The molecule has 1 heterocycles. The second-order valence-electron chi connectivity index (χ2n) is 2.18. The molecule has 0 aromatic carbocycles. The molecule has 0 bridgehead atoms. The van der Waals surface area contributed by atoms with E-state index in [1.165, 1.54) is 0 Å². The van der Waals surface area contributed by atoms with E-state index in [1.54, 1.807) is 6.41 Å². The van der Waals surface area contributed by atoms with Crippen molar-refractivity contribution in [2.24, 2.45) is 0 Å². The monoisotopic (exact) mass is 143 g/mol. The Morgan fingerprint density at radius 1 is 1.80 bits per heavy atom. The highest BCUT2D eigenvalue weighted by atomic mass is 16.5. The molecule has 0 aliphatic carbocycles. The van der Waals surface area contributed by atoms with Gasteiger partial charge in [-0.1, -0.05) is 0 Å². The Hall–Kier alpha value is -0.610. The van der Waals surface area contributed by atoms with Gasteiger partial charge in [0.25, 0.3) is 0 Å². The van der Waals surface area contributed by atoms with Gasteiger partial charge in [-0.05, 0) is 0 Å². The Labute approximate surface area is 59.9 Å². The highest BCUT2D eigenvalue weighted by Gasteiger charge is 2.11. The number of morpholine rings is 1. The van der Waals surface area contributed by atoms with Crippen LogP contribution in [0.2, 0.25) is 0 Å². The van der Waals surface area contributed by atoms with Crippen molar-refractivity contribution < 1.29 is 9.53 Å². The summed E-state index contributed by atoms with van der Waals surface area (Å²) in [4.78, 5) is 9.74. The average Bonchev–Trinajstić information content (AvgIpc) is 2.03. The zero-order valence-corrected chi connectivity index (χ0v) is 5.72. The summed E-state index contributed by atoms with van der Waals surface area (Å²) < 4.78 is 5.28. The van der Waals surface area contributed by atoms with Gasteiger partial charge in [0.1, 0.15) is 0 Å². The first kappa shape index (κ1) is 7.50. The molecule has 0 spiro atoms. The van der Waals surface area contributed by atoms with E-state index in [9.17, 15) is 4.79 Å². The summed E-state index contributed by atoms with van der Waals surface area (Å²) in [5, 5.41) is 5.60. The summed E-state index contributed by atoms with van der Waals surface area (Å²) in [6.07, 6.45) is 1.73. The molecular formula is C6H11N2O2. The Balaban J connectivity index is 2.07. The molecule has 1 rings (SSSR count). The predicted octanol–water partition coefficient (Wildman–Crippen LogP) is -1.37. The predicted molar refractivity (Wildman–Crippen MR) is 36.3 cm³/mol. The molecule has 4 heteroatoms. The molecule has 1 atom stereocenters. The number of rotatable bonds is 3. The lowest BCUT2D eigenvalue weighted by Gasteiger charge is -2.22. The van der Waals surface area contributed by atoms with E-state index in [0.717, 1.165) is 19.7 Å². The summed E-state index contributed by atoms with van der Waals surface area (Å²) in [5.74, 6) is 0. The van der Waals surface area contributed by atoms with Gasteiger partial charge >= 0.3 is 6.41 Å². The van der Waals surface area contributed by atoms with E-state index in [2.05, 4.69) is 10.6 Å². The smallest absolute Gasteiger partial charge is 0.309 e.